The quantitative estimate of drug-likeness (QED) is 0.769. The average molecular weight is 250 g/mol. The molecule has 0 fully saturated rings. The predicted molar refractivity (Wildman–Crippen MR) is 75.7 cm³/mol. The maximum Gasteiger partial charge on any atom is 0.0770 e. The van der Waals surface area contributed by atoms with Crippen molar-refractivity contribution in [2.45, 2.75) is 52.7 Å². The number of likely N-dealkylation sites (N-methyl/N-ethyl adjacent to an activating group) is 1. The second-order valence-corrected chi connectivity index (χ2v) is 4.55. The van der Waals surface area contributed by atoms with Crippen LogP contribution in [0.25, 0.3) is 0 Å². The molecular weight excluding hydrogens is 224 g/mol. The second kappa shape index (κ2) is 8.22. The van der Waals surface area contributed by atoms with Gasteiger partial charge in [-0.2, -0.15) is 0 Å². The molecule has 1 rings (SSSR count). The summed E-state index contributed by atoms with van der Waals surface area (Å²) in [6, 6.07) is 4.45. The van der Waals surface area contributed by atoms with Gasteiger partial charge < -0.3 is 10.1 Å². The van der Waals surface area contributed by atoms with Crippen molar-refractivity contribution in [2.75, 3.05) is 13.2 Å². The smallest absolute Gasteiger partial charge is 0.0770 e. The second-order valence-electron chi connectivity index (χ2n) is 4.55. The Hall–Kier alpha value is -0.930. The summed E-state index contributed by atoms with van der Waals surface area (Å²) in [5.41, 5.74) is 2.27. The predicted octanol–water partition coefficient (Wildman–Crippen LogP) is 3.25. The number of rotatable bonds is 8. The highest BCUT2D eigenvalue weighted by Gasteiger charge is 2.22. The van der Waals surface area contributed by atoms with Crippen molar-refractivity contribution < 1.29 is 4.74 Å². The van der Waals surface area contributed by atoms with Gasteiger partial charge in [0.15, 0.2) is 0 Å². The van der Waals surface area contributed by atoms with Crippen LogP contribution in [0.15, 0.2) is 18.3 Å². The van der Waals surface area contributed by atoms with Crippen molar-refractivity contribution >= 4 is 0 Å². The van der Waals surface area contributed by atoms with Crippen molar-refractivity contribution in [3.05, 3.63) is 29.6 Å². The Morgan fingerprint density at radius 1 is 1.28 bits per heavy atom. The maximum absolute atomic E-state index is 5.89. The summed E-state index contributed by atoms with van der Waals surface area (Å²) >= 11 is 0. The zero-order chi connectivity index (χ0) is 13.4. The fraction of sp³-hybridized carbons (Fsp3) is 0.667. The average Bonchev–Trinajstić information content (AvgIpc) is 2.37. The summed E-state index contributed by atoms with van der Waals surface area (Å²) in [5.74, 6) is 0. The van der Waals surface area contributed by atoms with Gasteiger partial charge >= 0.3 is 0 Å². The van der Waals surface area contributed by atoms with Crippen LogP contribution in [0.2, 0.25) is 0 Å². The van der Waals surface area contributed by atoms with Crippen molar-refractivity contribution in [2.24, 2.45) is 0 Å². The summed E-state index contributed by atoms with van der Waals surface area (Å²) in [6.07, 6.45) is 4.39. The van der Waals surface area contributed by atoms with Gasteiger partial charge in [-0.05, 0) is 38.4 Å². The zero-order valence-electron chi connectivity index (χ0n) is 12.1. The van der Waals surface area contributed by atoms with Crippen molar-refractivity contribution in [3.8, 4) is 0 Å². The van der Waals surface area contributed by atoms with Crippen LogP contribution in [0.1, 0.15) is 50.9 Å². The first kappa shape index (κ1) is 15.1. The standard InChI is InChI=1S/C15H26N2O/c1-5-8-14(18-7-3)15(16-6-2)13-10-9-12(4)17-11-13/h9-11,14-16H,5-8H2,1-4H3. The molecule has 1 aromatic heterocycles. The molecule has 3 nitrogen and oxygen atoms in total. The van der Waals surface area contributed by atoms with Gasteiger partial charge in [-0.15, -0.1) is 0 Å². The Bertz CT molecular complexity index is 318. The van der Waals surface area contributed by atoms with Crippen LogP contribution in [-0.2, 0) is 4.74 Å². The molecule has 102 valence electrons. The summed E-state index contributed by atoms with van der Waals surface area (Å²) in [4.78, 5) is 4.39. The molecule has 1 heterocycles. The molecule has 0 aromatic carbocycles. The molecule has 0 saturated heterocycles. The Labute approximate surface area is 111 Å². The van der Waals surface area contributed by atoms with Gasteiger partial charge in [0, 0.05) is 18.5 Å². The maximum atomic E-state index is 5.89. The number of hydrogen-bond donors (Lipinski definition) is 1. The molecule has 0 amide bonds. The highest BCUT2D eigenvalue weighted by molar-refractivity contribution is 5.18. The zero-order valence-corrected chi connectivity index (χ0v) is 12.1. The number of aromatic nitrogens is 1. The first-order valence-corrected chi connectivity index (χ1v) is 7.00. The highest BCUT2D eigenvalue weighted by Crippen LogP contribution is 2.22. The van der Waals surface area contributed by atoms with Gasteiger partial charge in [-0.25, -0.2) is 0 Å². The number of nitrogens with zero attached hydrogens (tertiary/aromatic N) is 1. The van der Waals surface area contributed by atoms with Crippen LogP contribution >= 0.6 is 0 Å². The Morgan fingerprint density at radius 3 is 2.56 bits per heavy atom. The first-order valence-electron chi connectivity index (χ1n) is 7.00. The molecular formula is C15H26N2O. The minimum Gasteiger partial charge on any atom is -0.377 e. The van der Waals surface area contributed by atoms with E-state index in [1.165, 1.54) is 5.56 Å². The van der Waals surface area contributed by atoms with E-state index in [0.717, 1.165) is 31.7 Å². The minimum atomic E-state index is 0.226. The molecule has 0 aliphatic heterocycles. The summed E-state index contributed by atoms with van der Waals surface area (Å²) in [7, 11) is 0. The highest BCUT2D eigenvalue weighted by atomic mass is 16.5. The molecule has 1 N–H and O–H groups in total. The topological polar surface area (TPSA) is 34.1 Å². The number of pyridine rings is 1. The SMILES string of the molecule is CCCC(OCC)C(NCC)c1ccc(C)nc1. The van der Waals surface area contributed by atoms with Gasteiger partial charge in [0.25, 0.3) is 0 Å². The van der Waals surface area contributed by atoms with Crippen LogP contribution in [0.4, 0.5) is 0 Å². The van der Waals surface area contributed by atoms with Gasteiger partial charge in [-0.1, -0.05) is 26.3 Å². The lowest BCUT2D eigenvalue weighted by Crippen LogP contribution is -2.34. The molecule has 0 aliphatic rings. The van der Waals surface area contributed by atoms with Crippen LogP contribution in [0, 0.1) is 6.92 Å². The molecule has 0 radical (unpaired) electrons. The van der Waals surface area contributed by atoms with Crippen LogP contribution in [0.5, 0.6) is 0 Å². The van der Waals surface area contributed by atoms with E-state index in [9.17, 15) is 0 Å². The fourth-order valence-corrected chi connectivity index (χ4v) is 2.19. The molecule has 0 bridgehead atoms. The molecule has 2 unspecified atom stereocenters. The normalized spacial score (nSPS) is 14.4. The van der Waals surface area contributed by atoms with Crippen molar-refractivity contribution in [1.82, 2.24) is 10.3 Å². The van der Waals surface area contributed by atoms with E-state index < -0.39 is 0 Å². The first-order chi connectivity index (χ1) is 8.72. The molecule has 0 spiro atoms. The minimum absolute atomic E-state index is 0.226. The van der Waals surface area contributed by atoms with Crippen molar-refractivity contribution in [1.29, 1.82) is 0 Å². The molecule has 18 heavy (non-hydrogen) atoms. The number of ether oxygens (including phenoxy) is 1. The molecule has 2 atom stereocenters. The number of nitrogens with one attached hydrogen (secondary N) is 1. The largest absolute Gasteiger partial charge is 0.377 e. The van der Waals surface area contributed by atoms with E-state index in [-0.39, 0.29) is 12.1 Å². The van der Waals surface area contributed by atoms with Gasteiger partial charge in [0.05, 0.1) is 12.1 Å². The van der Waals surface area contributed by atoms with E-state index >= 15 is 0 Å². The van der Waals surface area contributed by atoms with E-state index in [4.69, 9.17) is 4.74 Å². The Kier molecular flexibility index (Phi) is 6.91. The molecule has 0 aliphatic carbocycles. The van der Waals surface area contributed by atoms with E-state index in [0.29, 0.717) is 0 Å². The Balaban J connectivity index is 2.87. The van der Waals surface area contributed by atoms with Crippen molar-refractivity contribution in [3.63, 3.8) is 0 Å². The summed E-state index contributed by atoms with van der Waals surface area (Å²) < 4.78 is 5.89. The van der Waals surface area contributed by atoms with E-state index in [1.807, 2.05) is 13.1 Å². The third kappa shape index (κ3) is 4.39. The lowest BCUT2D eigenvalue weighted by molar-refractivity contribution is 0.0279. The van der Waals surface area contributed by atoms with Gasteiger partial charge in [0.2, 0.25) is 0 Å². The molecule has 3 heteroatoms. The third-order valence-electron chi connectivity index (χ3n) is 3.04. The summed E-state index contributed by atoms with van der Waals surface area (Å²) in [5, 5.41) is 3.52. The Morgan fingerprint density at radius 2 is 2.06 bits per heavy atom. The van der Waals surface area contributed by atoms with Crippen LogP contribution < -0.4 is 5.32 Å². The monoisotopic (exact) mass is 250 g/mol. The van der Waals surface area contributed by atoms with Crippen LogP contribution in [-0.4, -0.2) is 24.2 Å². The molecule has 0 saturated carbocycles. The number of aryl methyl sites for hydroxylation is 1. The third-order valence-corrected chi connectivity index (χ3v) is 3.04. The van der Waals surface area contributed by atoms with Crippen LogP contribution in [0.3, 0.4) is 0 Å². The summed E-state index contributed by atoms with van der Waals surface area (Å²) in [6.45, 7) is 10.1. The van der Waals surface area contributed by atoms with Gasteiger partial charge in [0.1, 0.15) is 0 Å². The fourth-order valence-electron chi connectivity index (χ4n) is 2.19. The lowest BCUT2D eigenvalue weighted by Gasteiger charge is -2.27. The molecule has 1 aromatic rings. The number of hydrogen-bond acceptors (Lipinski definition) is 3. The van der Waals surface area contributed by atoms with E-state index in [2.05, 4.69) is 43.2 Å². The lowest BCUT2D eigenvalue weighted by atomic mass is 9.99. The van der Waals surface area contributed by atoms with Gasteiger partial charge in [-0.3, -0.25) is 4.98 Å². The van der Waals surface area contributed by atoms with E-state index in [1.54, 1.807) is 0 Å².